The van der Waals surface area contributed by atoms with Crippen LogP contribution in [0.3, 0.4) is 0 Å². The van der Waals surface area contributed by atoms with Crippen LogP contribution < -0.4 is 5.32 Å². The first-order chi connectivity index (χ1) is 10.2. The van der Waals surface area contributed by atoms with Gasteiger partial charge in [-0.2, -0.15) is 0 Å². The Morgan fingerprint density at radius 1 is 1.00 bits per heavy atom. The summed E-state index contributed by atoms with van der Waals surface area (Å²) in [4.78, 5) is 27.3. The number of carbonyl (C=O) groups excluding carboxylic acids is 2. The van der Waals surface area contributed by atoms with Crippen molar-refractivity contribution < 1.29 is 24.2 Å². The molecule has 116 valence electrons. The summed E-state index contributed by atoms with van der Waals surface area (Å²) in [6, 6.07) is 5.24. The highest BCUT2D eigenvalue weighted by atomic mass is 16.5. The smallest absolute Gasteiger partial charge is 0.311 e. The molecule has 2 rings (SSSR count). The van der Waals surface area contributed by atoms with E-state index in [1.807, 2.05) is 0 Å². The molecule has 2 bridgehead atoms. The van der Waals surface area contributed by atoms with Gasteiger partial charge in [0, 0.05) is 20.2 Å². The normalized spacial score (nSPS) is 16.7. The molecule has 0 saturated carbocycles. The van der Waals surface area contributed by atoms with Crippen LogP contribution in [-0.4, -0.2) is 55.4 Å². The van der Waals surface area contributed by atoms with Crippen molar-refractivity contribution in [2.24, 2.45) is 0 Å². The number of hydrogen-bond donors (Lipinski definition) is 2. The summed E-state index contributed by atoms with van der Waals surface area (Å²) >= 11 is 0. The second-order valence-corrected chi connectivity index (χ2v) is 4.16. The highest BCUT2D eigenvalue weighted by molar-refractivity contribution is 5.73. The number of hydrogen-bond acceptors (Lipinski definition) is 7. The third-order valence-corrected chi connectivity index (χ3v) is 2.60. The van der Waals surface area contributed by atoms with E-state index in [1.54, 1.807) is 18.2 Å². The summed E-state index contributed by atoms with van der Waals surface area (Å²) < 4.78 is 10.1. The number of pyridine rings is 1. The Bertz CT molecular complexity index is 427. The average molecular weight is 296 g/mol. The zero-order valence-electron chi connectivity index (χ0n) is 12.0. The largest absolute Gasteiger partial charge is 0.464 e. The quantitative estimate of drug-likeness (QED) is 0.621. The van der Waals surface area contributed by atoms with Gasteiger partial charge in [-0.1, -0.05) is 6.07 Å². The van der Waals surface area contributed by atoms with Gasteiger partial charge in [-0.15, -0.1) is 0 Å². The highest BCUT2D eigenvalue weighted by Crippen LogP contribution is 2.03. The van der Waals surface area contributed by atoms with Gasteiger partial charge in [0.1, 0.15) is 13.2 Å². The van der Waals surface area contributed by atoms with Crippen LogP contribution in [0.5, 0.6) is 0 Å². The van der Waals surface area contributed by atoms with Gasteiger partial charge in [-0.25, -0.2) is 0 Å². The Morgan fingerprint density at radius 2 is 1.48 bits per heavy atom. The number of ether oxygens (including phenoxy) is 2. The van der Waals surface area contributed by atoms with Crippen molar-refractivity contribution in [3.63, 3.8) is 0 Å². The predicted molar refractivity (Wildman–Crippen MR) is 74.6 cm³/mol. The molecule has 0 unspecified atom stereocenters. The molecule has 0 fully saturated rings. The molecule has 7 heteroatoms. The zero-order valence-corrected chi connectivity index (χ0v) is 12.0. The van der Waals surface area contributed by atoms with Crippen molar-refractivity contribution >= 4 is 11.9 Å². The molecule has 1 aliphatic rings. The molecule has 1 aromatic rings. The highest BCUT2D eigenvalue weighted by Gasteiger charge is 2.10. The molecule has 1 aromatic heterocycles. The van der Waals surface area contributed by atoms with Crippen LogP contribution in [0.2, 0.25) is 0 Å². The number of aliphatic hydroxyl groups is 1. The van der Waals surface area contributed by atoms with Crippen molar-refractivity contribution in [1.82, 2.24) is 10.3 Å². The van der Waals surface area contributed by atoms with Crippen LogP contribution in [0.25, 0.3) is 0 Å². The molecule has 0 radical (unpaired) electrons. The predicted octanol–water partition coefficient (Wildman–Crippen LogP) is -0.535. The first kappa shape index (κ1) is 17.1. The first-order valence-corrected chi connectivity index (χ1v) is 6.65. The van der Waals surface area contributed by atoms with Crippen LogP contribution in [0.15, 0.2) is 18.2 Å². The Balaban J connectivity index is 0.00000106. The lowest BCUT2D eigenvalue weighted by Gasteiger charge is -2.09. The number of aromatic nitrogens is 1. The third-order valence-electron chi connectivity index (χ3n) is 2.60. The fourth-order valence-corrected chi connectivity index (χ4v) is 1.72. The van der Waals surface area contributed by atoms with E-state index in [-0.39, 0.29) is 24.8 Å². The van der Waals surface area contributed by atoms with Gasteiger partial charge >= 0.3 is 11.9 Å². The number of aliphatic hydroxyl groups excluding tert-OH is 1. The number of rotatable bonds is 0. The van der Waals surface area contributed by atoms with Crippen LogP contribution in [0.4, 0.5) is 0 Å². The number of nitrogens with one attached hydrogen (secondary N) is 1. The SMILES string of the molecule is CO.O=C1Cc2cccc(n2)CC(=O)OCCNCCO1. The van der Waals surface area contributed by atoms with Gasteiger partial charge in [0.05, 0.1) is 24.2 Å². The molecule has 0 atom stereocenters. The molecule has 2 heterocycles. The molecule has 21 heavy (non-hydrogen) atoms. The van der Waals surface area contributed by atoms with Crippen molar-refractivity contribution in [2.45, 2.75) is 12.8 Å². The zero-order chi connectivity index (χ0) is 15.5. The van der Waals surface area contributed by atoms with Crippen molar-refractivity contribution in [2.75, 3.05) is 33.4 Å². The molecule has 0 aromatic carbocycles. The second kappa shape index (κ2) is 9.84. The molecule has 2 N–H and O–H groups in total. The van der Waals surface area contributed by atoms with Crippen LogP contribution in [0.1, 0.15) is 11.4 Å². The maximum absolute atomic E-state index is 11.5. The van der Waals surface area contributed by atoms with E-state index in [4.69, 9.17) is 14.6 Å². The number of cyclic esters (lactones) is 2. The van der Waals surface area contributed by atoms with Crippen molar-refractivity contribution in [3.8, 4) is 0 Å². The summed E-state index contributed by atoms with van der Waals surface area (Å²) in [7, 11) is 1.00. The van der Waals surface area contributed by atoms with E-state index >= 15 is 0 Å². The summed E-state index contributed by atoms with van der Waals surface area (Å²) in [6.45, 7) is 1.67. The van der Waals surface area contributed by atoms with E-state index in [2.05, 4.69) is 10.3 Å². The monoisotopic (exact) mass is 296 g/mol. The molecule has 1 aliphatic heterocycles. The van der Waals surface area contributed by atoms with Gasteiger partial charge in [0.25, 0.3) is 0 Å². The number of fused-ring (bicyclic) bond motifs is 2. The van der Waals surface area contributed by atoms with Gasteiger partial charge in [-0.05, 0) is 12.1 Å². The van der Waals surface area contributed by atoms with E-state index in [0.717, 1.165) is 7.11 Å². The topological polar surface area (TPSA) is 97.8 Å². The summed E-state index contributed by atoms with van der Waals surface area (Å²) in [5.41, 5.74) is 1.20. The summed E-state index contributed by atoms with van der Waals surface area (Å²) in [6.07, 6.45) is 0.228. The minimum Gasteiger partial charge on any atom is -0.464 e. The standard InChI is InChI=1S/C13H16N2O4.CH4O/c16-12-8-10-2-1-3-11(15-10)9-13(17)19-7-5-14-4-6-18-12;1-2/h1-3,14H,4-9H2;2H,1H3. The van der Waals surface area contributed by atoms with Gasteiger partial charge in [0.15, 0.2) is 0 Å². The first-order valence-electron chi connectivity index (χ1n) is 6.65. The molecule has 7 nitrogen and oxygen atoms in total. The van der Waals surface area contributed by atoms with Crippen LogP contribution in [-0.2, 0) is 31.9 Å². The van der Waals surface area contributed by atoms with E-state index in [0.29, 0.717) is 37.7 Å². The molecule has 0 amide bonds. The molecular formula is C14H20N2O5. The Morgan fingerprint density at radius 3 is 1.95 bits per heavy atom. The summed E-state index contributed by atoms with van der Waals surface area (Å²) in [5.74, 6) is -0.628. The minimum absolute atomic E-state index is 0.114. The summed E-state index contributed by atoms with van der Waals surface area (Å²) in [5, 5.41) is 10.0. The number of nitrogens with zero attached hydrogens (tertiary/aromatic N) is 1. The molecule has 0 saturated heterocycles. The molecular weight excluding hydrogens is 276 g/mol. The molecule has 0 spiro atoms. The van der Waals surface area contributed by atoms with Crippen molar-refractivity contribution in [3.05, 3.63) is 29.6 Å². The fraction of sp³-hybridized carbons (Fsp3) is 0.500. The maximum Gasteiger partial charge on any atom is 0.311 e. The lowest BCUT2D eigenvalue weighted by atomic mass is 10.2. The van der Waals surface area contributed by atoms with Gasteiger partial charge in [-0.3, -0.25) is 14.6 Å². The maximum atomic E-state index is 11.5. The Kier molecular flexibility index (Phi) is 8.00. The van der Waals surface area contributed by atoms with E-state index < -0.39 is 0 Å². The van der Waals surface area contributed by atoms with E-state index in [9.17, 15) is 9.59 Å². The average Bonchev–Trinajstić information content (AvgIpc) is 2.48. The minimum atomic E-state index is -0.314. The number of carbonyl (C=O) groups is 2. The number of esters is 2. The van der Waals surface area contributed by atoms with Crippen molar-refractivity contribution in [1.29, 1.82) is 0 Å². The van der Waals surface area contributed by atoms with Crippen LogP contribution in [0, 0.1) is 0 Å². The Hall–Kier alpha value is -1.99. The fourth-order valence-electron chi connectivity index (χ4n) is 1.72. The molecule has 0 aliphatic carbocycles. The lowest BCUT2D eigenvalue weighted by Crippen LogP contribution is -2.27. The van der Waals surface area contributed by atoms with Crippen LogP contribution >= 0.6 is 0 Å². The van der Waals surface area contributed by atoms with Gasteiger partial charge < -0.3 is 19.9 Å². The van der Waals surface area contributed by atoms with Gasteiger partial charge in [0.2, 0.25) is 0 Å². The lowest BCUT2D eigenvalue weighted by molar-refractivity contribution is -0.142. The third kappa shape index (κ3) is 6.82. The van der Waals surface area contributed by atoms with E-state index in [1.165, 1.54) is 0 Å². The Labute approximate surface area is 123 Å². The second-order valence-electron chi connectivity index (χ2n) is 4.16.